The fourth-order valence-electron chi connectivity index (χ4n) is 1.88. The summed E-state index contributed by atoms with van der Waals surface area (Å²) in [6.07, 6.45) is -4.14. The average molecular weight is 329 g/mol. The first-order valence-corrected chi connectivity index (χ1v) is 6.33. The van der Waals surface area contributed by atoms with E-state index in [0.717, 1.165) is 12.3 Å². The summed E-state index contributed by atoms with van der Waals surface area (Å²) in [7, 11) is 0. The lowest BCUT2D eigenvalue weighted by atomic mass is 10.2. The number of para-hydroxylation sites is 2. The molecule has 0 radical (unpaired) electrons. The van der Waals surface area contributed by atoms with Crippen molar-refractivity contribution < 1.29 is 27.6 Å². The topological polar surface area (TPSA) is 87.3 Å². The third kappa shape index (κ3) is 3.30. The molecule has 0 aliphatic carbocycles. The molecule has 0 atom stereocenters. The van der Waals surface area contributed by atoms with Gasteiger partial charge in [-0.2, -0.15) is 18.3 Å². The molecule has 7 nitrogen and oxygen atoms in total. The van der Waals surface area contributed by atoms with Crippen molar-refractivity contribution in [2.24, 2.45) is 0 Å². The Bertz CT molecular complexity index is 755. The molecule has 0 spiro atoms. The van der Waals surface area contributed by atoms with E-state index >= 15 is 0 Å². The molecule has 23 heavy (non-hydrogen) atoms. The zero-order chi connectivity index (χ0) is 17.2. The maximum atomic E-state index is 13.0. The number of ether oxygens (including phenoxy) is 1. The van der Waals surface area contributed by atoms with Crippen LogP contribution in [0.15, 0.2) is 30.5 Å². The van der Waals surface area contributed by atoms with Gasteiger partial charge in [0.25, 0.3) is 5.69 Å². The lowest BCUT2D eigenvalue weighted by Gasteiger charge is -2.05. The van der Waals surface area contributed by atoms with Gasteiger partial charge in [0.1, 0.15) is 11.3 Å². The van der Waals surface area contributed by atoms with Crippen LogP contribution in [-0.4, -0.2) is 27.3 Å². The van der Waals surface area contributed by atoms with E-state index in [2.05, 4.69) is 9.84 Å². The van der Waals surface area contributed by atoms with E-state index in [-0.39, 0.29) is 12.3 Å². The predicted octanol–water partition coefficient (Wildman–Crippen LogP) is 2.98. The van der Waals surface area contributed by atoms with E-state index < -0.39 is 34.0 Å². The normalized spacial score (nSPS) is 11.3. The lowest BCUT2D eigenvalue weighted by molar-refractivity contribution is -0.384. The second-order valence-electron chi connectivity index (χ2n) is 4.30. The fourth-order valence-corrected chi connectivity index (χ4v) is 1.88. The Morgan fingerprint density at radius 1 is 1.39 bits per heavy atom. The lowest BCUT2D eigenvalue weighted by Crippen LogP contribution is -2.14. The van der Waals surface area contributed by atoms with Crippen molar-refractivity contribution in [3.63, 3.8) is 0 Å². The molecule has 2 aromatic rings. The maximum absolute atomic E-state index is 13.0. The molecule has 0 fully saturated rings. The number of hydrogen-bond acceptors (Lipinski definition) is 5. The fraction of sp³-hybridized carbons (Fsp3) is 0.231. The second-order valence-corrected chi connectivity index (χ2v) is 4.30. The number of nitro benzene ring substituents is 1. The number of halogens is 3. The van der Waals surface area contributed by atoms with E-state index in [9.17, 15) is 28.1 Å². The first-order valence-electron chi connectivity index (χ1n) is 6.33. The van der Waals surface area contributed by atoms with Gasteiger partial charge < -0.3 is 4.74 Å². The molecule has 2 rings (SSSR count). The average Bonchev–Trinajstić information content (AvgIpc) is 2.92. The van der Waals surface area contributed by atoms with Crippen molar-refractivity contribution in [1.29, 1.82) is 0 Å². The van der Waals surface area contributed by atoms with Crippen LogP contribution in [0.2, 0.25) is 0 Å². The number of carbonyl (C=O) groups is 1. The Morgan fingerprint density at radius 3 is 2.61 bits per heavy atom. The Morgan fingerprint density at radius 2 is 2.04 bits per heavy atom. The highest BCUT2D eigenvalue weighted by molar-refractivity contribution is 5.90. The van der Waals surface area contributed by atoms with Crippen LogP contribution in [0, 0.1) is 10.1 Å². The monoisotopic (exact) mass is 329 g/mol. The van der Waals surface area contributed by atoms with Crippen molar-refractivity contribution in [2.45, 2.75) is 13.1 Å². The van der Waals surface area contributed by atoms with Gasteiger partial charge in [-0.3, -0.25) is 10.1 Å². The Labute approximate surface area is 127 Å². The number of nitrogens with zero attached hydrogens (tertiary/aromatic N) is 3. The maximum Gasteiger partial charge on any atom is 0.436 e. The molecular weight excluding hydrogens is 319 g/mol. The summed E-state index contributed by atoms with van der Waals surface area (Å²) < 4.78 is 44.3. The first-order chi connectivity index (χ1) is 10.8. The number of nitro groups is 1. The molecule has 1 aromatic heterocycles. The van der Waals surface area contributed by atoms with Gasteiger partial charge in [0.15, 0.2) is 5.69 Å². The number of hydrogen-bond donors (Lipinski definition) is 0. The van der Waals surface area contributed by atoms with Crippen molar-refractivity contribution in [3.05, 3.63) is 51.8 Å². The molecule has 10 heteroatoms. The number of rotatable bonds is 4. The van der Waals surface area contributed by atoms with Gasteiger partial charge in [0, 0.05) is 12.3 Å². The van der Waals surface area contributed by atoms with Crippen LogP contribution >= 0.6 is 0 Å². The van der Waals surface area contributed by atoms with Gasteiger partial charge in [-0.1, -0.05) is 12.1 Å². The SMILES string of the molecule is CCOC(=O)c1cn(-c2ccccc2[N+](=O)[O-])nc1C(F)(F)F. The number of carbonyl (C=O) groups excluding carboxylic acids is 1. The van der Waals surface area contributed by atoms with Crippen LogP contribution in [0.3, 0.4) is 0 Å². The molecule has 0 unspecified atom stereocenters. The van der Waals surface area contributed by atoms with E-state index in [0.29, 0.717) is 4.68 Å². The summed E-state index contributed by atoms with van der Waals surface area (Å²) >= 11 is 0. The summed E-state index contributed by atoms with van der Waals surface area (Å²) in [5.41, 5.74) is -2.91. The molecule has 1 aromatic carbocycles. The van der Waals surface area contributed by atoms with Crippen LogP contribution in [0.1, 0.15) is 23.0 Å². The van der Waals surface area contributed by atoms with E-state index in [1.54, 1.807) is 0 Å². The minimum absolute atomic E-state index is 0.118. The predicted molar refractivity (Wildman–Crippen MR) is 71.2 cm³/mol. The Kier molecular flexibility index (Phi) is 4.34. The van der Waals surface area contributed by atoms with Crippen LogP contribution in [0.4, 0.5) is 18.9 Å². The van der Waals surface area contributed by atoms with Crippen molar-refractivity contribution >= 4 is 11.7 Å². The zero-order valence-electron chi connectivity index (χ0n) is 11.7. The molecule has 0 saturated heterocycles. The Balaban J connectivity index is 2.62. The minimum Gasteiger partial charge on any atom is -0.462 e. The Hall–Kier alpha value is -2.91. The quantitative estimate of drug-likeness (QED) is 0.489. The van der Waals surface area contributed by atoms with Crippen molar-refractivity contribution in [1.82, 2.24) is 9.78 Å². The highest BCUT2D eigenvalue weighted by Crippen LogP contribution is 2.33. The standard InChI is InChI=1S/C13H10F3N3O4/c1-2-23-12(20)8-7-18(17-11(8)13(14,15)16)9-5-3-4-6-10(9)19(21)22/h3-7H,2H2,1H3. The number of aromatic nitrogens is 2. The second kappa shape index (κ2) is 6.07. The molecule has 0 saturated carbocycles. The number of esters is 1. The van der Waals surface area contributed by atoms with Crippen LogP contribution in [-0.2, 0) is 10.9 Å². The number of alkyl halides is 3. The van der Waals surface area contributed by atoms with E-state index in [1.807, 2.05) is 0 Å². The molecule has 0 aliphatic heterocycles. The summed E-state index contributed by atoms with van der Waals surface area (Å²) in [6.45, 7) is 1.32. The van der Waals surface area contributed by atoms with Crippen LogP contribution in [0.25, 0.3) is 5.69 Å². The van der Waals surface area contributed by atoms with Crippen molar-refractivity contribution in [2.75, 3.05) is 6.61 Å². The molecule has 0 amide bonds. The van der Waals surface area contributed by atoms with Gasteiger partial charge in [0.2, 0.25) is 0 Å². The molecule has 0 N–H and O–H groups in total. The van der Waals surface area contributed by atoms with Gasteiger partial charge in [-0.05, 0) is 13.0 Å². The summed E-state index contributed by atoms with van der Waals surface area (Å²) in [5.74, 6) is -1.20. The third-order valence-electron chi connectivity index (χ3n) is 2.80. The first kappa shape index (κ1) is 16.5. The highest BCUT2D eigenvalue weighted by atomic mass is 19.4. The molecular formula is C13H10F3N3O4. The number of benzene rings is 1. The molecule has 1 heterocycles. The third-order valence-corrected chi connectivity index (χ3v) is 2.80. The van der Waals surface area contributed by atoms with Crippen LogP contribution in [0.5, 0.6) is 0 Å². The van der Waals surface area contributed by atoms with Gasteiger partial charge in [-0.15, -0.1) is 0 Å². The summed E-state index contributed by atoms with van der Waals surface area (Å²) in [5, 5.41) is 14.3. The summed E-state index contributed by atoms with van der Waals surface area (Å²) in [4.78, 5) is 21.9. The van der Waals surface area contributed by atoms with E-state index in [1.165, 1.54) is 25.1 Å². The summed E-state index contributed by atoms with van der Waals surface area (Å²) in [6, 6.07) is 5.11. The molecule has 0 aliphatic rings. The van der Waals surface area contributed by atoms with Gasteiger partial charge >= 0.3 is 12.1 Å². The highest BCUT2D eigenvalue weighted by Gasteiger charge is 2.40. The zero-order valence-corrected chi connectivity index (χ0v) is 11.7. The van der Waals surface area contributed by atoms with Crippen molar-refractivity contribution in [3.8, 4) is 5.69 Å². The molecule has 0 bridgehead atoms. The van der Waals surface area contributed by atoms with Gasteiger partial charge in [-0.25, -0.2) is 9.48 Å². The van der Waals surface area contributed by atoms with E-state index in [4.69, 9.17) is 0 Å². The van der Waals surface area contributed by atoms with Crippen LogP contribution < -0.4 is 0 Å². The molecule has 122 valence electrons. The largest absolute Gasteiger partial charge is 0.462 e. The smallest absolute Gasteiger partial charge is 0.436 e. The van der Waals surface area contributed by atoms with Gasteiger partial charge in [0.05, 0.1) is 11.5 Å². The minimum atomic E-state index is -4.91.